The molecule has 0 aromatic heterocycles. The van der Waals surface area contributed by atoms with E-state index in [4.69, 9.17) is 0 Å². The van der Waals surface area contributed by atoms with Gasteiger partial charge in [-0.25, -0.2) is 0 Å². The van der Waals surface area contributed by atoms with Gasteiger partial charge in [0.05, 0.1) is 0 Å². The summed E-state index contributed by atoms with van der Waals surface area (Å²) >= 11 is 0. The van der Waals surface area contributed by atoms with Gasteiger partial charge in [0.25, 0.3) is 0 Å². The molecule has 0 bridgehead atoms. The minimum absolute atomic E-state index is 0.348. The van der Waals surface area contributed by atoms with Crippen LogP contribution >= 0.6 is 0 Å². The molecule has 0 amide bonds. The van der Waals surface area contributed by atoms with E-state index >= 15 is 0 Å². The fourth-order valence-electron chi connectivity index (χ4n) is 7.79. The van der Waals surface area contributed by atoms with Crippen LogP contribution in [0.5, 0.6) is 0 Å². The Balaban J connectivity index is 1.71. The lowest BCUT2D eigenvalue weighted by Crippen LogP contribution is -2.55. The van der Waals surface area contributed by atoms with Gasteiger partial charge in [0.1, 0.15) is 5.78 Å². The molecule has 4 fully saturated rings. The van der Waals surface area contributed by atoms with Crippen molar-refractivity contribution < 1.29 is 4.79 Å². The van der Waals surface area contributed by atoms with Crippen LogP contribution in [0.4, 0.5) is 0 Å². The Kier molecular flexibility index (Phi) is 3.51. The fraction of sp³-hybridized carbons (Fsp3) is 0.952. The first-order valence-electron chi connectivity index (χ1n) is 10.0. The molecular weight excluding hydrogens is 268 g/mol. The predicted molar refractivity (Wildman–Crippen MR) is 90.5 cm³/mol. The lowest BCUT2D eigenvalue weighted by Gasteiger charge is -2.59. The summed E-state index contributed by atoms with van der Waals surface area (Å²) < 4.78 is 0. The third-order valence-electron chi connectivity index (χ3n) is 8.85. The van der Waals surface area contributed by atoms with Crippen LogP contribution in [0.1, 0.15) is 85.0 Å². The van der Waals surface area contributed by atoms with Gasteiger partial charge in [-0.15, -0.1) is 0 Å². The van der Waals surface area contributed by atoms with Gasteiger partial charge >= 0.3 is 0 Å². The number of hydrogen-bond donors (Lipinski definition) is 0. The summed E-state index contributed by atoms with van der Waals surface area (Å²) in [7, 11) is 0. The Morgan fingerprint density at radius 2 is 1.82 bits per heavy atom. The highest BCUT2D eigenvalue weighted by Crippen LogP contribution is 2.67. The predicted octanol–water partition coefficient (Wildman–Crippen LogP) is 5.62. The molecular formula is C21H34O. The van der Waals surface area contributed by atoms with E-state index in [0.717, 1.165) is 30.1 Å². The zero-order valence-electron chi connectivity index (χ0n) is 14.9. The van der Waals surface area contributed by atoms with Gasteiger partial charge in [0, 0.05) is 12.3 Å². The summed E-state index contributed by atoms with van der Waals surface area (Å²) in [6.45, 7) is 7.45. The summed E-state index contributed by atoms with van der Waals surface area (Å²) in [4.78, 5) is 13.0. The number of carbonyl (C=O) groups is 1. The molecule has 0 radical (unpaired) electrons. The number of carbonyl (C=O) groups excluding carboxylic acids is 1. The van der Waals surface area contributed by atoms with Crippen molar-refractivity contribution in [2.24, 2.45) is 40.4 Å². The van der Waals surface area contributed by atoms with E-state index in [2.05, 4.69) is 20.8 Å². The number of Topliss-reactive ketones (excluding diaryl/α,β-unsaturated/α-hetero) is 1. The van der Waals surface area contributed by atoms with E-state index in [1.54, 1.807) is 0 Å². The smallest absolute Gasteiger partial charge is 0.136 e. The zero-order chi connectivity index (χ0) is 15.5. The molecule has 22 heavy (non-hydrogen) atoms. The first-order valence-corrected chi connectivity index (χ1v) is 10.0. The van der Waals surface area contributed by atoms with Crippen molar-refractivity contribution in [2.45, 2.75) is 85.0 Å². The maximum atomic E-state index is 13.0. The van der Waals surface area contributed by atoms with Gasteiger partial charge in [-0.2, -0.15) is 0 Å². The number of rotatable bonds is 1. The molecule has 4 saturated carbocycles. The highest BCUT2D eigenvalue weighted by Gasteiger charge is 2.61. The van der Waals surface area contributed by atoms with Crippen molar-refractivity contribution in [3.05, 3.63) is 0 Å². The maximum Gasteiger partial charge on any atom is 0.136 e. The summed E-state index contributed by atoms with van der Waals surface area (Å²) in [6, 6.07) is 0. The summed E-state index contributed by atoms with van der Waals surface area (Å²) in [5.74, 6) is 4.37. The van der Waals surface area contributed by atoms with Crippen LogP contribution in [-0.2, 0) is 4.79 Å². The van der Waals surface area contributed by atoms with Crippen molar-refractivity contribution in [1.82, 2.24) is 0 Å². The molecule has 0 heterocycles. The average Bonchev–Trinajstić information content (AvgIpc) is 2.84. The monoisotopic (exact) mass is 302 g/mol. The molecule has 7 atom stereocenters. The average molecular weight is 303 g/mol. The summed E-state index contributed by atoms with van der Waals surface area (Å²) in [5.41, 5.74) is 0.903. The second kappa shape index (κ2) is 5.08. The molecule has 1 unspecified atom stereocenters. The van der Waals surface area contributed by atoms with Crippen molar-refractivity contribution in [3.63, 3.8) is 0 Å². The molecule has 1 nitrogen and oxygen atoms in total. The van der Waals surface area contributed by atoms with E-state index < -0.39 is 0 Å². The quantitative estimate of drug-likeness (QED) is 0.614. The van der Waals surface area contributed by atoms with Gasteiger partial charge in [0.2, 0.25) is 0 Å². The van der Waals surface area contributed by atoms with Crippen LogP contribution in [-0.4, -0.2) is 5.78 Å². The van der Waals surface area contributed by atoms with Crippen LogP contribution in [0.2, 0.25) is 0 Å². The molecule has 1 heteroatoms. The molecule has 0 saturated heterocycles. The molecule has 4 aliphatic rings. The zero-order valence-corrected chi connectivity index (χ0v) is 14.9. The highest BCUT2D eigenvalue weighted by atomic mass is 16.1. The summed E-state index contributed by atoms with van der Waals surface area (Å²) in [6.07, 6.45) is 13.1. The fourth-order valence-corrected chi connectivity index (χ4v) is 7.79. The standard InChI is InChI=1S/C21H34O/c1-4-14-8-11-20(2)12-9-16-15(19(14)20)13-18(22)17-7-5-6-10-21(16,17)3/h14-17,19H,4-13H2,1-3H3/t14?,15-,16+,17-,19+,20+,21-/m1/s1. The molecule has 4 aliphatic carbocycles. The van der Waals surface area contributed by atoms with E-state index in [1.807, 2.05) is 0 Å². The Morgan fingerprint density at radius 3 is 2.59 bits per heavy atom. The second-order valence-corrected chi connectivity index (χ2v) is 9.67. The van der Waals surface area contributed by atoms with Crippen LogP contribution < -0.4 is 0 Å². The number of hydrogen-bond acceptors (Lipinski definition) is 1. The first kappa shape index (κ1) is 15.2. The molecule has 4 rings (SSSR count). The van der Waals surface area contributed by atoms with E-state index in [0.29, 0.717) is 22.5 Å². The minimum Gasteiger partial charge on any atom is -0.299 e. The molecule has 0 aliphatic heterocycles. The molecule has 124 valence electrons. The van der Waals surface area contributed by atoms with Crippen molar-refractivity contribution in [2.75, 3.05) is 0 Å². The minimum atomic E-state index is 0.348. The van der Waals surface area contributed by atoms with Gasteiger partial charge in [-0.05, 0) is 73.0 Å². The van der Waals surface area contributed by atoms with Crippen molar-refractivity contribution in [3.8, 4) is 0 Å². The highest BCUT2D eigenvalue weighted by molar-refractivity contribution is 5.83. The number of fused-ring (bicyclic) bond motifs is 5. The van der Waals surface area contributed by atoms with Gasteiger partial charge in [-0.3, -0.25) is 4.79 Å². The van der Waals surface area contributed by atoms with Gasteiger partial charge in [-0.1, -0.05) is 40.0 Å². The topological polar surface area (TPSA) is 17.1 Å². The van der Waals surface area contributed by atoms with Gasteiger partial charge < -0.3 is 0 Å². The Bertz CT molecular complexity index is 469. The van der Waals surface area contributed by atoms with Crippen molar-refractivity contribution >= 4 is 5.78 Å². The third-order valence-corrected chi connectivity index (χ3v) is 8.85. The Labute approximate surface area is 136 Å². The van der Waals surface area contributed by atoms with Gasteiger partial charge in [0.15, 0.2) is 0 Å². The number of ketones is 1. The third kappa shape index (κ3) is 1.93. The molecule has 0 spiro atoms. The van der Waals surface area contributed by atoms with Crippen LogP contribution in [0.15, 0.2) is 0 Å². The lowest BCUT2D eigenvalue weighted by molar-refractivity contribution is -0.154. The Hall–Kier alpha value is -0.330. The SMILES string of the molecule is CCC1CC[C@@]2(C)CC[C@H]3[C@@H](CC(=O)[C@H]4CCCC[C@@]43C)[C@H]12. The largest absolute Gasteiger partial charge is 0.299 e. The summed E-state index contributed by atoms with van der Waals surface area (Å²) in [5, 5.41) is 0. The molecule has 0 aromatic carbocycles. The second-order valence-electron chi connectivity index (χ2n) is 9.67. The van der Waals surface area contributed by atoms with Crippen LogP contribution in [0.25, 0.3) is 0 Å². The maximum absolute atomic E-state index is 13.0. The first-order chi connectivity index (χ1) is 10.5. The Morgan fingerprint density at radius 1 is 1.05 bits per heavy atom. The normalized spacial score (nSPS) is 54.5. The lowest BCUT2D eigenvalue weighted by atomic mass is 9.44. The van der Waals surface area contributed by atoms with Crippen LogP contribution in [0, 0.1) is 40.4 Å². The molecule has 0 aromatic rings. The van der Waals surface area contributed by atoms with E-state index in [9.17, 15) is 4.79 Å². The van der Waals surface area contributed by atoms with E-state index in [1.165, 1.54) is 57.8 Å². The molecule has 0 N–H and O–H groups in total. The van der Waals surface area contributed by atoms with E-state index in [-0.39, 0.29) is 0 Å². The van der Waals surface area contributed by atoms with Crippen LogP contribution in [0.3, 0.4) is 0 Å². The van der Waals surface area contributed by atoms with Crippen molar-refractivity contribution in [1.29, 1.82) is 0 Å².